The van der Waals surface area contributed by atoms with E-state index in [0.717, 1.165) is 5.69 Å². The van der Waals surface area contributed by atoms with Gasteiger partial charge in [0.2, 0.25) is 0 Å². The molecule has 0 bridgehead atoms. The molecule has 1 N–H and O–H groups in total. The van der Waals surface area contributed by atoms with Crippen LogP contribution in [-0.2, 0) is 4.74 Å². The molecule has 0 aliphatic heterocycles. The molecule has 94 valence electrons. The summed E-state index contributed by atoms with van der Waals surface area (Å²) in [4.78, 5) is 0. The average Bonchev–Trinajstić information content (AvgIpc) is 2.41. The van der Waals surface area contributed by atoms with Crippen LogP contribution in [0.4, 0.5) is 5.69 Å². The van der Waals surface area contributed by atoms with Crippen molar-refractivity contribution >= 4 is 5.69 Å². The number of nitrogens with one attached hydrogen (secondary N) is 1. The first kappa shape index (κ1) is 12.7. The van der Waals surface area contributed by atoms with Gasteiger partial charge >= 0.3 is 0 Å². The van der Waals surface area contributed by atoms with E-state index >= 15 is 0 Å². The van der Waals surface area contributed by atoms with Gasteiger partial charge in [0, 0.05) is 18.8 Å². The second-order valence-electron chi connectivity index (χ2n) is 4.44. The van der Waals surface area contributed by atoms with Crippen molar-refractivity contribution in [3.63, 3.8) is 0 Å². The molecule has 2 nitrogen and oxygen atoms in total. The van der Waals surface area contributed by atoms with Crippen LogP contribution in [0.2, 0.25) is 0 Å². The number of rotatable bonds is 5. The van der Waals surface area contributed by atoms with E-state index in [4.69, 9.17) is 4.74 Å². The van der Waals surface area contributed by atoms with E-state index in [1.165, 1.54) is 11.1 Å². The van der Waals surface area contributed by atoms with Gasteiger partial charge in [-0.2, -0.15) is 0 Å². The zero-order valence-corrected chi connectivity index (χ0v) is 10.9. The van der Waals surface area contributed by atoms with Gasteiger partial charge in [0.15, 0.2) is 0 Å². The Hall–Kier alpha value is -1.80. The van der Waals surface area contributed by atoms with Crippen LogP contribution in [-0.4, -0.2) is 19.8 Å². The lowest BCUT2D eigenvalue weighted by Gasteiger charge is -2.14. The van der Waals surface area contributed by atoms with Crippen LogP contribution in [0.25, 0.3) is 11.1 Å². The van der Waals surface area contributed by atoms with Gasteiger partial charge < -0.3 is 10.1 Å². The van der Waals surface area contributed by atoms with E-state index in [9.17, 15) is 0 Å². The second kappa shape index (κ2) is 6.22. The molecule has 18 heavy (non-hydrogen) atoms. The molecule has 2 heteroatoms. The average molecular weight is 241 g/mol. The monoisotopic (exact) mass is 241 g/mol. The molecular weight excluding hydrogens is 222 g/mol. The van der Waals surface area contributed by atoms with E-state index in [1.807, 2.05) is 6.07 Å². The Bertz CT molecular complexity index is 464. The Labute approximate surface area is 109 Å². The number of hydrogen-bond acceptors (Lipinski definition) is 2. The first-order chi connectivity index (χ1) is 8.79. The summed E-state index contributed by atoms with van der Waals surface area (Å²) in [5.41, 5.74) is 3.61. The summed E-state index contributed by atoms with van der Waals surface area (Å²) in [6, 6.07) is 19.2. The molecule has 0 amide bonds. The minimum atomic E-state index is 0.317. The van der Waals surface area contributed by atoms with Gasteiger partial charge in [0.05, 0.1) is 6.61 Å². The first-order valence-corrected chi connectivity index (χ1v) is 6.20. The van der Waals surface area contributed by atoms with Gasteiger partial charge in [-0.05, 0) is 30.2 Å². The van der Waals surface area contributed by atoms with Crippen molar-refractivity contribution in [3.05, 3.63) is 54.6 Å². The van der Waals surface area contributed by atoms with Crippen molar-refractivity contribution in [2.45, 2.75) is 13.0 Å². The van der Waals surface area contributed by atoms with Crippen molar-refractivity contribution in [1.82, 2.24) is 0 Å². The van der Waals surface area contributed by atoms with E-state index in [2.05, 4.69) is 60.8 Å². The Balaban J connectivity index is 2.06. The van der Waals surface area contributed by atoms with Crippen molar-refractivity contribution in [1.29, 1.82) is 0 Å². The molecule has 2 aromatic rings. The lowest BCUT2D eigenvalue weighted by molar-refractivity contribution is 0.190. The Morgan fingerprint density at radius 1 is 0.944 bits per heavy atom. The fourth-order valence-corrected chi connectivity index (χ4v) is 1.97. The summed E-state index contributed by atoms with van der Waals surface area (Å²) < 4.78 is 5.11. The van der Waals surface area contributed by atoms with Crippen LogP contribution in [0.1, 0.15) is 6.92 Å². The van der Waals surface area contributed by atoms with Crippen LogP contribution in [0.15, 0.2) is 54.6 Å². The lowest BCUT2D eigenvalue weighted by Crippen LogP contribution is -2.20. The molecule has 0 aliphatic rings. The molecule has 0 radical (unpaired) electrons. The number of ether oxygens (including phenoxy) is 1. The van der Waals surface area contributed by atoms with Gasteiger partial charge in [0.1, 0.15) is 0 Å². The number of methoxy groups -OCH3 is 1. The number of anilines is 1. The minimum Gasteiger partial charge on any atom is -0.383 e. The Morgan fingerprint density at radius 2 is 1.56 bits per heavy atom. The smallest absolute Gasteiger partial charge is 0.0661 e. The topological polar surface area (TPSA) is 21.3 Å². The van der Waals surface area contributed by atoms with Crippen LogP contribution in [0, 0.1) is 0 Å². The zero-order chi connectivity index (χ0) is 12.8. The largest absolute Gasteiger partial charge is 0.383 e. The van der Waals surface area contributed by atoms with Gasteiger partial charge in [-0.25, -0.2) is 0 Å². The fourth-order valence-electron chi connectivity index (χ4n) is 1.97. The van der Waals surface area contributed by atoms with Crippen LogP contribution in [0.5, 0.6) is 0 Å². The minimum absolute atomic E-state index is 0.317. The van der Waals surface area contributed by atoms with Gasteiger partial charge in [-0.1, -0.05) is 42.5 Å². The summed E-state index contributed by atoms with van der Waals surface area (Å²) in [7, 11) is 1.72. The van der Waals surface area contributed by atoms with Gasteiger partial charge in [-0.3, -0.25) is 0 Å². The predicted octanol–water partition coefficient (Wildman–Crippen LogP) is 3.80. The molecule has 0 spiro atoms. The van der Waals surface area contributed by atoms with E-state index in [1.54, 1.807) is 7.11 Å². The quantitative estimate of drug-likeness (QED) is 0.859. The molecule has 1 unspecified atom stereocenters. The van der Waals surface area contributed by atoms with Crippen molar-refractivity contribution in [3.8, 4) is 11.1 Å². The molecule has 2 aromatic carbocycles. The number of hydrogen-bond donors (Lipinski definition) is 1. The second-order valence-corrected chi connectivity index (χ2v) is 4.44. The van der Waals surface area contributed by atoms with E-state index in [-0.39, 0.29) is 0 Å². The van der Waals surface area contributed by atoms with E-state index < -0.39 is 0 Å². The molecule has 0 fully saturated rings. The molecule has 0 heterocycles. The van der Waals surface area contributed by atoms with Crippen molar-refractivity contribution < 1.29 is 4.74 Å². The number of benzene rings is 2. The lowest BCUT2D eigenvalue weighted by atomic mass is 10.1. The van der Waals surface area contributed by atoms with Crippen LogP contribution in [0.3, 0.4) is 0 Å². The predicted molar refractivity (Wildman–Crippen MR) is 76.8 cm³/mol. The summed E-state index contributed by atoms with van der Waals surface area (Å²) >= 11 is 0. The highest BCUT2D eigenvalue weighted by molar-refractivity contribution is 5.65. The van der Waals surface area contributed by atoms with Crippen LogP contribution >= 0.6 is 0 Å². The maximum atomic E-state index is 5.11. The molecule has 0 saturated carbocycles. The summed E-state index contributed by atoms with van der Waals surface area (Å²) in [6.07, 6.45) is 0. The highest BCUT2D eigenvalue weighted by atomic mass is 16.5. The molecular formula is C16H19NO. The normalized spacial score (nSPS) is 12.1. The SMILES string of the molecule is COCC(C)Nc1ccc(-c2ccccc2)cc1. The maximum Gasteiger partial charge on any atom is 0.0661 e. The van der Waals surface area contributed by atoms with E-state index in [0.29, 0.717) is 12.6 Å². The van der Waals surface area contributed by atoms with Crippen LogP contribution < -0.4 is 5.32 Å². The molecule has 0 aliphatic carbocycles. The Morgan fingerprint density at radius 3 is 2.17 bits per heavy atom. The first-order valence-electron chi connectivity index (χ1n) is 6.20. The van der Waals surface area contributed by atoms with Gasteiger partial charge in [-0.15, -0.1) is 0 Å². The maximum absolute atomic E-state index is 5.11. The molecule has 0 saturated heterocycles. The summed E-state index contributed by atoms with van der Waals surface area (Å²) in [5, 5.41) is 3.40. The summed E-state index contributed by atoms with van der Waals surface area (Å²) in [5.74, 6) is 0. The van der Waals surface area contributed by atoms with Gasteiger partial charge in [0.25, 0.3) is 0 Å². The third kappa shape index (κ3) is 3.34. The third-order valence-electron chi connectivity index (χ3n) is 2.82. The Kier molecular flexibility index (Phi) is 4.37. The molecule has 1 atom stereocenters. The highest BCUT2D eigenvalue weighted by Gasteiger charge is 2.01. The molecule has 0 aromatic heterocycles. The standard InChI is InChI=1S/C16H19NO/c1-13(12-18-2)17-16-10-8-15(9-11-16)14-6-4-3-5-7-14/h3-11,13,17H,12H2,1-2H3. The highest BCUT2D eigenvalue weighted by Crippen LogP contribution is 2.21. The molecule has 2 rings (SSSR count). The van der Waals surface area contributed by atoms with Crippen molar-refractivity contribution in [2.75, 3.05) is 19.0 Å². The zero-order valence-electron chi connectivity index (χ0n) is 10.9. The fraction of sp³-hybridized carbons (Fsp3) is 0.250. The van der Waals surface area contributed by atoms with Crippen molar-refractivity contribution in [2.24, 2.45) is 0 Å². The third-order valence-corrected chi connectivity index (χ3v) is 2.82. The summed E-state index contributed by atoms with van der Waals surface area (Å²) in [6.45, 7) is 2.81.